The lowest BCUT2D eigenvalue weighted by Crippen LogP contribution is -2.40. The Morgan fingerprint density at radius 3 is 2.74 bits per heavy atom. The van der Waals surface area contributed by atoms with Crippen molar-refractivity contribution in [2.24, 2.45) is 0 Å². The summed E-state index contributed by atoms with van der Waals surface area (Å²) in [6.07, 6.45) is 0.767. The van der Waals surface area contributed by atoms with E-state index in [2.05, 4.69) is 10.6 Å². The van der Waals surface area contributed by atoms with Crippen molar-refractivity contribution in [1.29, 1.82) is 0 Å². The van der Waals surface area contributed by atoms with Gasteiger partial charge in [0.15, 0.2) is 11.5 Å². The molecule has 0 fully saturated rings. The van der Waals surface area contributed by atoms with E-state index in [1.807, 2.05) is 13.8 Å². The first-order chi connectivity index (χ1) is 9.10. The Balaban J connectivity index is 1.97. The number of amides is 2. The predicted octanol–water partition coefficient (Wildman–Crippen LogP) is 1.27. The second-order valence-corrected chi connectivity index (χ2v) is 4.30. The zero-order valence-corrected chi connectivity index (χ0v) is 10.9. The fourth-order valence-electron chi connectivity index (χ4n) is 1.55. The highest BCUT2D eigenvalue weighted by Crippen LogP contribution is 2.34. The third-order valence-electron chi connectivity index (χ3n) is 2.83. The number of carbonyl (C=O) groups excluding carboxylic acids is 2. The van der Waals surface area contributed by atoms with Gasteiger partial charge in [-0.25, -0.2) is 0 Å². The lowest BCUT2D eigenvalue weighted by atomic mass is 10.2. The van der Waals surface area contributed by atoms with E-state index in [0.717, 1.165) is 6.42 Å². The van der Waals surface area contributed by atoms with E-state index >= 15 is 0 Å². The van der Waals surface area contributed by atoms with Crippen LogP contribution in [0.2, 0.25) is 0 Å². The minimum absolute atomic E-state index is 0.0324. The van der Waals surface area contributed by atoms with Crippen molar-refractivity contribution in [3.8, 4) is 11.5 Å². The molecule has 6 nitrogen and oxygen atoms in total. The Hall–Kier alpha value is -2.24. The van der Waals surface area contributed by atoms with Crippen LogP contribution < -0.4 is 20.1 Å². The normalized spacial score (nSPS) is 13.8. The van der Waals surface area contributed by atoms with Crippen molar-refractivity contribution in [3.63, 3.8) is 0 Å². The maximum atomic E-state index is 11.7. The number of benzene rings is 1. The molecule has 102 valence electrons. The maximum Gasteiger partial charge on any atom is 0.313 e. The first-order valence-corrected chi connectivity index (χ1v) is 6.11. The predicted molar refractivity (Wildman–Crippen MR) is 69.1 cm³/mol. The van der Waals surface area contributed by atoms with Crippen LogP contribution in [0.1, 0.15) is 20.3 Å². The average molecular weight is 264 g/mol. The highest BCUT2D eigenvalue weighted by molar-refractivity contribution is 6.39. The number of rotatable bonds is 3. The summed E-state index contributed by atoms with van der Waals surface area (Å²) in [6.45, 7) is 3.94. The van der Waals surface area contributed by atoms with Gasteiger partial charge in [0, 0.05) is 17.8 Å². The van der Waals surface area contributed by atoms with E-state index in [4.69, 9.17) is 9.47 Å². The fourth-order valence-corrected chi connectivity index (χ4v) is 1.55. The molecule has 1 atom stereocenters. The molecule has 2 amide bonds. The van der Waals surface area contributed by atoms with Gasteiger partial charge in [-0.1, -0.05) is 6.92 Å². The molecule has 1 aliphatic rings. The Kier molecular flexibility index (Phi) is 3.89. The zero-order chi connectivity index (χ0) is 13.8. The minimum atomic E-state index is -0.695. The summed E-state index contributed by atoms with van der Waals surface area (Å²) in [6, 6.07) is 4.93. The third-order valence-corrected chi connectivity index (χ3v) is 2.83. The SMILES string of the molecule is CCC(C)NC(=O)C(=O)Nc1ccc2c(c1)OCO2. The molecule has 0 aliphatic carbocycles. The number of ether oxygens (including phenoxy) is 2. The van der Waals surface area contributed by atoms with E-state index < -0.39 is 11.8 Å². The van der Waals surface area contributed by atoms with Crippen LogP contribution in [-0.2, 0) is 9.59 Å². The second kappa shape index (κ2) is 5.60. The average Bonchev–Trinajstić information content (AvgIpc) is 2.85. The number of hydrogen-bond acceptors (Lipinski definition) is 4. The van der Waals surface area contributed by atoms with Gasteiger partial charge >= 0.3 is 11.8 Å². The molecule has 1 aromatic carbocycles. The van der Waals surface area contributed by atoms with Crippen molar-refractivity contribution in [2.75, 3.05) is 12.1 Å². The summed E-state index contributed by atoms with van der Waals surface area (Å²) in [4.78, 5) is 23.2. The Morgan fingerprint density at radius 2 is 2.00 bits per heavy atom. The first-order valence-electron chi connectivity index (χ1n) is 6.11. The van der Waals surface area contributed by atoms with Crippen molar-refractivity contribution >= 4 is 17.5 Å². The molecule has 0 spiro atoms. The molecule has 1 aliphatic heterocycles. The van der Waals surface area contributed by atoms with Gasteiger partial charge in [0.2, 0.25) is 6.79 Å². The van der Waals surface area contributed by atoms with E-state index in [1.165, 1.54) is 0 Å². The quantitative estimate of drug-likeness (QED) is 0.806. The molecule has 0 radical (unpaired) electrons. The van der Waals surface area contributed by atoms with Crippen LogP contribution in [0.25, 0.3) is 0 Å². The Bertz CT molecular complexity index is 501. The van der Waals surface area contributed by atoms with Gasteiger partial charge in [-0.05, 0) is 25.5 Å². The van der Waals surface area contributed by atoms with E-state index in [1.54, 1.807) is 18.2 Å². The molecule has 6 heteroatoms. The number of carbonyl (C=O) groups is 2. The smallest absolute Gasteiger partial charge is 0.313 e. The van der Waals surface area contributed by atoms with Crippen LogP contribution in [0.15, 0.2) is 18.2 Å². The molecular weight excluding hydrogens is 248 g/mol. The summed E-state index contributed by atoms with van der Waals surface area (Å²) >= 11 is 0. The second-order valence-electron chi connectivity index (χ2n) is 4.30. The molecule has 0 bridgehead atoms. The van der Waals surface area contributed by atoms with Crippen LogP contribution >= 0.6 is 0 Å². The number of hydrogen-bond donors (Lipinski definition) is 2. The summed E-state index contributed by atoms with van der Waals surface area (Å²) in [7, 11) is 0. The maximum absolute atomic E-state index is 11.7. The molecule has 2 rings (SSSR count). The van der Waals surface area contributed by atoms with Crippen LogP contribution in [0, 0.1) is 0 Å². The van der Waals surface area contributed by atoms with Crippen LogP contribution in [0.4, 0.5) is 5.69 Å². The standard InChI is InChI=1S/C13H16N2O4/c1-3-8(2)14-12(16)13(17)15-9-4-5-10-11(6-9)19-7-18-10/h4-6,8H,3,7H2,1-2H3,(H,14,16)(H,15,17). The van der Waals surface area contributed by atoms with E-state index in [9.17, 15) is 9.59 Å². The number of anilines is 1. The molecule has 19 heavy (non-hydrogen) atoms. The topological polar surface area (TPSA) is 76.7 Å². The van der Waals surface area contributed by atoms with Gasteiger partial charge < -0.3 is 20.1 Å². The molecule has 0 aromatic heterocycles. The van der Waals surface area contributed by atoms with Crippen molar-refractivity contribution in [1.82, 2.24) is 5.32 Å². The lowest BCUT2D eigenvalue weighted by molar-refractivity contribution is -0.136. The Morgan fingerprint density at radius 1 is 1.26 bits per heavy atom. The molecule has 0 saturated heterocycles. The van der Waals surface area contributed by atoms with Crippen molar-refractivity contribution in [2.45, 2.75) is 26.3 Å². The molecule has 2 N–H and O–H groups in total. The monoisotopic (exact) mass is 264 g/mol. The highest BCUT2D eigenvalue weighted by Gasteiger charge is 2.18. The molecular formula is C13H16N2O4. The van der Waals surface area contributed by atoms with Gasteiger partial charge in [-0.15, -0.1) is 0 Å². The van der Waals surface area contributed by atoms with Crippen molar-refractivity contribution < 1.29 is 19.1 Å². The molecule has 1 unspecified atom stereocenters. The van der Waals surface area contributed by atoms with Crippen molar-refractivity contribution in [3.05, 3.63) is 18.2 Å². The summed E-state index contributed by atoms with van der Waals surface area (Å²) in [5, 5.41) is 5.11. The Labute approximate surface area is 111 Å². The fraction of sp³-hybridized carbons (Fsp3) is 0.385. The van der Waals surface area contributed by atoms with Gasteiger partial charge in [0.05, 0.1) is 0 Å². The summed E-state index contributed by atoms with van der Waals surface area (Å²) < 4.78 is 10.3. The molecule has 1 aromatic rings. The van der Waals surface area contributed by atoms with Gasteiger partial charge in [-0.2, -0.15) is 0 Å². The minimum Gasteiger partial charge on any atom is -0.454 e. The third kappa shape index (κ3) is 3.15. The summed E-state index contributed by atoms with van der Waals surface area (Å²) in [5.41, 5.74) is 0.494. The van der Waals surface area contributed by atoms with Crippen LogP contribution in [0.5, 0.6) is 11.5 Å². The summed E-state index contributed by atoms with van der Waals surface area (Å²) in [5.74, 6) is -0.159. The highest BCUT2D eigenvalue weighted by atomic mass is 16.7. The molecule has 1 heterocycles. The first kappa shape index (κ1) is 13.2. The number of fused-ring (bicyclic) bond motifs is 1. The van der Waals surface area contributed by atoms with Gasteiger partial charge in [-0.3, -0.25) is 9.59 Å². The van der Waals surface area contributed by atoms with E-state index in [-0.39, 0.29) is 12.8 Å². The largest absolute Gasteiger partial charge is 0.454 e. The van der Waals surface area contributed by atoms with Gasteiger partial charge in [0.1, 0.15) is 0 Å². The number of nitrogens with one attached hydrogen (secondary N) is 2. The van der Waals surface area contributed by atoms with E-state index in [0.29, 0.717) is 17.2 Å². The van der Waals surface area contributed by atoms with Crippen LogP contribution in [-0.4, -0.2) is 24.6 Å². The molecule has 0 saturated carbocycles. The van der Waals surface area contributed by atoms with Gasteiger partial charge in [0.25, 0.3) is 0 Å². The lowest BCUT2D eigenvalue weighted by Gasteiger charge is -2.11. The zero-order valence-electron chi connectivity index (χ0n) is 10.9. The van der Waals surface area contributed by atoms with Crippen LogP contribution in [0.3, 0.4) is 0 Å².